The number of aryl methyl sites for hydroxylation is 1. The minimum atomic E-state index is -0.780. The van der Waals surface area contributed by atoms with Gasteiger partial charge in [0.15, 0.2) is 11.6 Å². The van der Waals surface area contributed by atoms with E-state index < -0.39 is 5.97 Å². The third-order valence-electron chi connectivity index (χ3n) is 5.87. The third kappa shape index (κ3) is 8.43. The smallest absolute Gasteiger partial charge is 0.303 e. The Labute approximate surface area is 201 Å². The maximum atomic E-state index is 11.7. The van der Waals surface area contributed by atoms with Gasteiger partial charge in [0.05, 0.1) is 18.2 Å². The van der Waals surface area contributed by atoms with Gasteiger partial charge >= 0.3 is 5.97 Å². The van der Waals surface area contributed by atoms with Gasteiger partial charge in [0, 0.05) is 18.4 Å². The molecule has 0 amide bonds. The van der Waals surface area contributed by atoms with Crippen LogP contribution < -0.4 is 4.74 Å². The van der Waals surface area contributed by atoms with Crippen LogP contribution in [0.2, 0.25) is 0 Å². The molecule has 0 radical (unpaired) electrons. The Morgan fingerprint density at radius 1 is 1.09 bits per heavy atom. The Bertz CT molecular complexity index is 928. The summed E-state index contributed by atoms with van der Waals surface area (Å²) in [6.45, 7) is 6.07. The topological polar surface area (TPSA) is 127 Å². The minimum absolute atomic E-state index is 0.0413. The molecule has 1 atom stereocenters. The van der Waals surface area contributed by atoms with Crippen molar-refractivity contribution < 1.29 is 24.5 Å². The molecule has 1 unspecified atom stereocenters. The van der Waals surface area contributed by atoms with E-state index in [1.54, 1.807) is 16.9 Å². The van der Waals surface area contributed by atoms with Gasteiger partial charge in [0.1, 0.15) is 11.5 Å². The number of carbonyl (C=O) groups is 2. The van der Waals surface area contributed by atoms with Gasteiger partial charge in [-0.3, -0.25) is 9.59 Å². The van der Waals surface area contributed by atoms with Crippen LogP contribution in [-0.4, -0.2) is 48.8 Å². The van der Waals surface area contributed by atoms with Gasteiger partial charge in [-0.2, -0.15) is 4.80 Å². The summed E-state index contributed by atoms with van der Waals surface area (Å²) in [5.74, 6) is 0.481. The number of hydrogen-bond donors (Lipinski definition) is 2. The molecular formula is C25H38N4O5. The van der Waals surface area contributed by atoms with E-state index in [1.165, 1.54) is 6.92 Å². The monoisotopic (exact) mass is 474 g/mol. The zero-order chi connectivity index (χ0) is 24.9. The Balaban J connectivity index is 1.71. The number of nitrogens with zero attached hydrogens (tertiary/aromatic N) is 4. The van der Waals surface area contributed by atoms with Crippen molar-refractivity contribution in [3.63, 3.8) is 0 Å². The van der Waals surface area contributed by atoms with Crippen molar-refractivity contribution in [2.24, 2.45) is 0 Å². The van der Waals surface area contributed by atoms with E-state index in [0.717, 1.165) is 57.2 Å². The van der Waals surface area contributed by atoms with Crippen LogP contribution in [0.1, 0.15) is 106 Å². The molecule has 9 nitrogen and oxygen atoms in total. The maximum Gasteiger partial charge on any atom is 0.303 e. The number of tetrazole rings is 1. The third-order valence-corrected chi connectivity index (χ3v) is 5.87. The molecule has 2 aromatic rings. The molecule has 0 spiro atoms. The molecule has 2 rings (SSSR count). The molecule has 1 aromatic carbocycles. The number of rotatable bonds is 17. The van der Waals surface area contributed by atoms with E-state index in [-0.39, 0.29) is 24.0 Å². The molecule has 0 fully saturated rings. The number of hydrogen-bond acceptors (Lipinski definition) is 7. The van der Waals surface area contributed by atoms with Crippen molar-refractivity contribution in [1.29, 1.82) is 0 Å². The van der Waals surface area contributed by atoms with Crippen LogP contribution in [0.25, 0.3) is 0 Å². The van der Waals surface area contributed by atoms with Crippen molar-refractivity contribution in [3.05, 3.63) is 29.1 Å². The van der Waals surface area contributed by atoms with Gasteiger partial charge in [0.25, 0.3) is 0 Å². The van der Waals surface area contributed by atoms with Crippen LogP contribution in [0.4, 0.5) is 0 Å². The number of carboxylic acid groups (broad SMARTS) is 1. The normalized spacial score (nSPS) is 12.0. The molecule has 0 aliphatic rings. The number of unbranched alkanes of at least 4 members (excludes halogenated alkanes) is 3. The largest absolute Gasteiger partial charge is 0.507 e. The molecule has 0 aliphatic carbocycles. The fourth-order valence-corrected chi connectivity index (χ4v) is 3.93. The van der Waals surface area contributed by atoms with Crippen LogP contribution in [0, 0.1) is 0 Å². The van der Waals surface area contributed by atoms with E-state index in [0.29, 0.717) is 36.3 Å². The summed E-state index contributed by atoms with van der Waals surface area (Å²) in [4.78, 5) is 24.0. The SMILES string of the molecule is CCCc1c(OCCCCCCc2nnn(C(CC)CCCC(=O)O)n2)ccc(C(C)=O)c1O. The van der Waals surface area contributed by atoms with E-state index >= 15 is 0 Å². The summed E-state index contributed by atoms with van der Waals surface area (Å²) in [7, 11) is 0. The van der Waals surface area contributed by atoms with E-state index in [1.807, 2.05) is 13.8 Å². The zero-order valence-electron chi connectivity index (χ0n) is 20.6. The van der Waals surface area contributed by atoms with Crippen molar-refractivity contribution in [2.75, 3.05) is 6.61 Å². The fraction of sp³-hybridized carbons (Fsp3) is 0.640. The first-order valence-corrected chi connectivity index (χ1v) is 12.4. The number of ether oxygens (including phenoxy) is 1. The number of Topliss-reactive ketones (excluding diaryl/α,β-unsaturated/α-hetero) is 1. The average molecular weight is 475 g/mol. The number of carbonyl (C=O) groups excluding carboxylic acids is 1. The highest BCUT2D eigenvalue weighted by Crippen LogP contribution is 2.33. The van der Waals surface area contributed by atoms with Gasteiger partial charge in [-0.1, -0.05) is 33.1 Å². The number of aromatic hydroxyl groups is 1. The summed E-state index contributed by atoms with van der Waals surface area (Å²) < 4.78 is 5.91. The molecule has 1 heterocycles. The quantitative estimate of drug-likeness (QED) is 0.244. The average Bonchev–Trinajstić information content (AvgIpc) is 3.26. The van der Waals surface area contributed by atoms with Crippen molar-refractivity contribution >= 4 is 11.8 Å². The lowest BCUT2D eigenvalue weighted by Crippen LogP contribution is -2.12. The second kappa shape index (κ2) is 14.3. The van der Waals surface area contributed by atoms with E-state index in [9.17, 15) is 14.7 Å². The predicted octanol–water partition coefficient (Wildman–Crippen LogP) is 4.92. The second-order valence-electron chi connectivity index (χ2n) is 8.63. The number of phenolic OH excluding ortho intramolecular Hbond substituents is 1. The molecule has 34 heavy (non-hydrogen) atoms. The first-order valence-electron chi connectivity index (χ1n) is 12.4. The van der Waals surface area contributed by atoms with Crippen LogP contribution >= 0.6 is 0 Å². The van der Waals surface area contributed by atoms with Crippen molar-refractivity contribution in [3.8, 4) is 11.5 Å². The highest BCUT2D eigenvalue weighted by Gasteiger charge is 2.16. The molecule has 0 aliphatic heterocycles. The summed E-state index contributed by atoms with van der Waals surface area (Å²) in [5, 5.41) is 32.0. The molecule has 0 bridgehead atoms. The molecule has 188 valence electrons. The van der Waals surface area contributed by atoms with E-state index in [2.05, 4.69) is 15.4 Å². The van der Waals surface area contributed by atoms with Gasteiger partial charge < -0.3 is 14.9 Å². The highest BCUT2D eigenvalue weighted by atomic mass is 16.5. The van der Waals surface area contributed by atoms with Gasteiger partial charge in [-0.15, -0.1) is 10.2 Å². The number of carboxylic acids is 1. The Hall–Kier alpha value is -2.97. The van der Waals surface area contributed by atoms with E-state index in [4.69, 9.17) is 9.84 Å². The Morgan fingerprint density at radius 2 is 1.85 bits per heavy atom. The lowest BCUT2D eigenvalue weighted by atomic mass is 10.0. The van der Waals surface area contributed by atoms with Gasteiger partial charge in [-0.25, -0.2) is 0 Å². The van der Waals surface area contributed by atoms with Gasteiger partial charge in [-0.05, 0) is 62.8 Å². The number of phenols is 1. The summed E-state index contributed by atoms with van der Waals surface area (Å²) >= 11 is 0. The lowest BCUT2D eigenvalue weighted by molar-refractivity contribution is -0.137. The maximum absolute atomic E-state index is 11.7. The molecule has 2 N–H and O–H groups in total. The lowest BCUT2D eigenvalue weighted by Gasteiger charge is -2.14. The summed E-state index contributed by atoms with van der Waals surface area (Å²) in [6, 6.07) is 3.49. The Morgan fingerprint density at radius 3 is 2.53 bits per heavy atom. The first kappa shape index (κ1) is 27.3. The fourth-order valence-electron chi connectivity index (χ4n) is 3.93. The highest BCUT2D eigenvalue weighted by molar-refractivity contribution is 5.97. The standard InChI is InChI=1S/C25H38N4O5/c1-4-11-21-22(16-15-20(18(3)30)25(21)33)34-17-9-7-6-8-13-23-26-28-29(27-23)19(5-2)12-10-14-24(31)32/h15-16,19,33H,4-14,17H2,1-3H3,(H,31,32). The van der Waals surface area contributed by atoms with Crippen molar-refractivity contribution in [1.82, 2.24) is 20.2 Å². The Kier molecular flexibility index (Phi) is 11.5. The zero-order valence-corrected chi connectivity index (χ0v) is 20.6. The van der Waals surface area contributed by atoms with Crippen LogP contribution in [-0.2, 0) is 17.6 Å². The van der Waals surface area contributed by atoms with Crippen LogP contribution in [0.15, 0.2) is 12.1 Å². The summed E-state index contributed by atoms with van der Waals surface area (Å²) in [5.41, 5.74) is 1.05. The minimum Gasteiger partial charge on any atom is -0.507 e. The first-order chi connectivity index (χ1) is 16.4. The molecule has 0 saturated heterocycles. The van der Waals surface area contributed by atoms with Crippen LogP contribution in [0.3, 0.4) is 0 Å². The number of ketones is 1. The summed E-state index contributed by atoms with van der Waals surface area (Å²) in [6.07, 6.45) is 8.47. The number of benzene rings is 1. The predicted molar refractivity (Wildman–Crippen MR) is 128 cm³/mol. The number of aromatic nitrogens is 4. The molecule has 0 saturated carbocycles. The number of aliphatic carboxylic acids is 1. The van der Waals surface area contributed by atoms with Crippen molar-refractivity contribution in [2.45, 2.75) is 97.4 Å². The second-order valence-corrected chi connectivity index (χ2v) is 8.63. The molecule has 9 heteroatoms. The van der Waals surface area contributed by atoms with Gasteiger partial charge in [0.2, 0.25) is 0 Å². The molecular weight excluding hydrogens is 436 g/mol. The molecule has 1 aromatic heterocycles. The van der Waals surface area contributed by atoms with Crippen LogP contribution in [0.5, 0.6) is 11.5 Å².